The fourth-order valence-electron chi connectivity index (χ4n) is 3.30. The van der Waals surface area contributed by atoms with E-state index in [9.17, 15) is 9.59 Å². The number of furan rings is 1. The molecule has 0 aliphatic rings. The molecule has 1 atom stereocenters. The second kappa shape index (κ2) is 9.96. The summed E-state index contributed by atoms with van der Waals surface area (Å²) in [5.74, 6) is 0.183. The first-order valence-electron chi connectivity index (χ1n) is 10.4. The van der Waals surface area contributed by atoms with E-state index < -0.39 is 6.10 Å². The summed E-state index contributed by atoms with van der Waals surface area (Å²) in [5.41, 5.74) is 0.946. The molecule has 0 aliphatic carbocycles. The largest absolute Gasteiger partial charge is 0.481 e. The third-order valence-electron chi connectivity index (χ3n) is 4.74. The molecule has 0 saturated carbocycles. The van der Waals surface area contributed by atoms with Crippen LogP contribution in [0.1, 0.15) is 44.2 Å². The second-order valence-electron chi connectivity index (χ2n) is 7.16. The number of carbonyl (C=O) groups excluding carboxylic acids is 2. The van der Waals surface area contributed by atoms with Crippen LogP contribution in [0.25, 0.3) is 11.0 Å². The van der Waals surface area contributed by atoms with Crippen molar-refractivity contribution in [3.63, 3.8) is 0 Å². The highest BCUT2D eigenvalue weighted by molar-refractivity contribution is 6.11. The lowest BCUT2D eigenvalue weighted by molar-refractivity contribution is -0.122. The van der Waals surface area contributed by atoms with Crippen molar-refractivity contribution in [3.8, 4) is 5.75 Å². The van der Waals surface area contributed by atoms with Crippen LogP contribution in [0.3, 0.4) is 0 Å². The van der Waals surface area contributed by atoms with Crippen LogP contribution in [0.5, 0.6) is 5.75 Å². The molecule has 30 heavy (non-hydrogen) atoms. The van der Waals surface area contributed by atoms with Crippen LogP contribution in [0.2, 0.25) is 0 Å². The van der Waals surface area contributed by atoms with Crippen LogP contribution in [-0.4, -0.2) is 35.9 Å². The highest BCUT2D eigenvalue weighted by Gasteiger charge is 2.27. The molecule has 0 spiro atoms. The van der Waals surface area contributed by atoms with Crippen molar-refractivity contribution in [2.75, 3.05) is 18.4 Å². The Morgan fingerprint density at radius 3 is 2.30 bits per heavy atom. The zero-order chi connectivity index (χ0) is 21.5. The molecule has 2 aromatic carbocycles. The van der Waals surface area contributed by atoms with Crippen molar-refractivity contribution >= 4 is 28.5 Å². The molecule has 0 radical (unpaired) electrons. The van der Waals surface area contributed by atoms with E-state index in [1.54, 1.807) is 30.0 Å². The van der Waals surface area contributed by atoms with E-state index in [1.165, 1.54) is 0 Å². The van der Waals surface area contributed by atoms with Crippen LogP contribution in [-0.2, 0) is 4.79 Å². The summed E-state index contributed by atoms with van der Waals surface area (Å²) in [6.45, 7) is 6.99. The van der Waals surface area contributed by atoms with Crippen LogP contribution in [0, 0.1) is 0 Å². The van der Waals surface area contributed by atoms with Gasteiger partial charge in [0.2, 0.25) is 5.76 Å². The van der Waals surface area contributed by atoms with E-state index in [1.807, 2.05) is 50.2 Å². The van der Waals surface area contributed by atoms with Crippen LogP contribution >= 0.6 is 0 Å². The fourth-order valence-corrected chi connectivity index (χ4v) is 3.30. The van der Waals surface area contributed by atoms with Crippen molar-refractivity contribution in [2.24, 2.45) is 0 Å². The molecule has 0 aliphatic heterocycles. The first-order chi connectivity index (χ1) is 14.5. The third-order valence-corrected chi connectivity index (χ3v) is 4.74. The number of rotatable bonds is 9. The van der Waals surface area contributed by atoms with Gasteiger partial charge in [0, 0.05) is 18.5 Å². The molecule has 0 saturated heterocycles. The Hall–Kier alpha value is -3.28. The van der Waals surface area contributed by atoms with Gasteiger partial charge in [-0.1, -0.05) is 44.2 Å². The molecule has 0 unspecified atom stereocenters. The number of anilines is 1. The smallest absolute Gasteiger partial charge is 0.291 e. The van der Waals surface area contributed by atoms with Crippen molar-refractivity contribution in [2.45, 2.75) is 39.7 Å². The monoisotopic (exact) mass is 408 g/mol. The molecule has 158 valence electrons. The average Bonchev–Trinajstić information content (AvgIpc) is 3.12. The molecular formula is C24H28N2O4. The molecule has 1 aromatic heterocycles. The summed E-state index contributed by atoms with van der Waals surface area (Å²) in [4.78, 5) is 27.8. The SMILES string of the molecule is CCCN(CCC)C(=O)c1oc2ccccc2c1NC(=O)[C@H](C)Oc1ccccc1. The van der Waals surface area contributed by atoms with E-state index in [0.29, 0.717) is 35.5 Å². The van der Waals surface area contributed by atoms with Gasteiger partial charge in [-0.25, -0.2) is 0 Å². The number of carbonyl (C=O) groups is 2. The molecule has 0 fully saturated rings. The Bertz CT molecular complexity index is 991. The van der Waals surface area contributed by atoms with Gasteiger partial charge < -0.3 is 19.4 Å². The summed E-state index contributed by atoms with van der Waals surface area (Å²) < 4.78 is 11.6. The molecular weight excluding hydrogens is 380 g/mol. The molecule has 0 bridgehead atoms. The number of hydrogen-bond donors (Lipinski definition) is 1. The standard InChI is InChI=1S/C24H28N2O4/c1-4-15-26(16-5-2)24(28)22-21(19-13-9-10-14-20(19)30-22)25-23(27)17(3)29-18-11-7-6-8-12-18/h6-14,17H,4-5,15-16H2,1-3H3,(H,25,27)/t17-/m0/s1. The first-order valence-corrected chi connectivity index (χ1v) is 10.4. The maximum absolute atomic E-state index is 13.2. The quantitative estimate of drug-likeness (QED) is 0.535. The van der Waals surface area contributed by atoms with Crippen LogP contribution in [0.15, 0.2) is 59.0 Å². The van der Waals surface area contributed by atoms with E-state index in [-0.39, 0.29) is 17.6 Å². The minimum Gasteiger partial charge on any atom is -0.481 e. The fraction of sp³-hybridized carbons (Fsp3) is 0.333. The second-order valence-corrected chi connectivity index (χ2v) is 7.16. The minimum absolute atomic E-state index is 0.151. The van der Waals surface area contributed by atoms with Gasteiger partial charge in [-0.15, -0.1) is 0 Å². The van der Waals surface area contributed by atoms with E-state index >= 15 is 0 Å². The number of fused-ring (bicyclic) bond motifs is 1. The lowest BCUT2D eigenvalue weighted by atomic mass is 10.2. The number of hydrogen-bond acceptors (Lipinski definition) is 4. The number of ether oxygens (including phenoxy) is 1. The van der Waals surface area contributed by atoms with Gasteiger partial charge in [0.1, 0.15) is 17.0 Å². The molecule has 3 aromatic rings. The van der Waals surface area contributed by atoms with Crippen molar-refractivity contribution < 1.29 is 18.7 Å². The van der Waals surface area contributed by atoms with Crippen molar-refractivity contribution in [3.05, 3.63) is 60.4 Å². The third kappa shape index (κ3) is 4.82. The summed E-state index contributed by atoms with van der Waals surface area (Å²) in [6.07, 6.45) is 0.942. The Morgan fingerprint density at radius 2 is 1.63 bits per heavy atom. The van der Waals surface area contributed by atoms with Crippen molar-refractivity contribution in [1.82, 2.24) is 4.90 Å². The van der Waals surface area contributed by atoms with Crippen LogP contribution < -0.4 is 10.1 Å². The topological polar surface area (TPSA) is 71.8 Å². The number of para-hydroxylation sites is 2. The predicted molar refractivity (Wildman–Crippen MR) is 118 cm³/mol. The summed E-state index contributed by atoms with van der Waals surface area (Å²) in [5, 5.41) is 3.56. The molecule has 3 rings (SSSR count). The normalized spacial score (nSPS) is 11.8. The lowest BCUT2D eigenvalue weighted by Gasteiger charge is -2.21. The van der Waals surface area contributed by atoms with Gasteiger partial charge in [0.25, 0.3) is 11.8 Å². The Kier molecular flexibility index (Phi) is 7.12. The first kappa shape index (κ1) is 21.4. The number of nitrogens with zero attached hydrogens (tertiary/aromatic N) is 1. The molecule has 1 heterocycles. The maximum Gasteiger partial charge on any atom is 0.291 e. The summed E-state index contributed by atoms with van der Waals surface area (Å²) in [6, 6.07) is 16.5. The van der Waals surface area contributed by atoms with E-state index in [0.717, 1.165) is 12.8 Å². The zero-order valence-electron chi connectivity index (χ0n) is 17.7. The van der Waals surface area contributed by atoms with Crippen molar-refractivity contribution in [1.29, 1.82) is 0 Å². The van der Waals surface area contributed by atoms with Gasteiger partial charge in [-0.2, -0.15) is 0 Å². The van der Waals surface area contributed by atoms with Gasteiger partial charge in [-0.05, 0) is 44.0 Å². The van der Waals surface area contributed by atoms with Gasteiger partial charge >= 0.3 is 0 Å². The molecule has 6 nitrogen and oxygen atoms in total. The van der Waals surface area contributed by atoms with E-state index in [2.05, 4.69) is 5.32 Å². The maximum atomic E-state index is 13.2. The Balaban J connectivity index is 1.89. The lowest BCUT2D eigenvalue weighted by Crippen LogP contribution is -2.34. The average molecular weight is 408 g/mol. The van der Waals surface area contributed by atoms with Gasteiger partial charge in [0.15, 0.2) is 6.10 Å². The summed E-state index contributed by atoms with van der Waals surface area (Å²) in [7, 11) is 0. The Labute approximate surface area is 176 Å². The highest BCUT2D eigenvalue weighted by Crippen LogP contribution is 2.32. The predicted octanol–water partition coefficient (Wildman–Crippen LogP) is 5.10. The van der Waals surface area contributed by atoms with Crippen LogP contribution in [0.4, 0.5) is 5.69 Å². The van der Waals surface area contributed by atoms with Gasteiger partial charge in [0.05, 0.1) is 0 Å². The minimum atomic E-state index is -0.744. The number of benzene rings is 2. The number of amides is 2. The molecule has 2 amide bonds. The number of nitrogens with one attached hydrogen (secondary N) is 1. The Morgan fingerprint density at radius 1 is 1.00 bits per heavy atom. The highest BCUT2D eigenvalue weighted by atomic mass is 16.5. The van der Waals surface area contributed by atoms with E-state index in [4.69, 9.17) is 9.15 Å². The molecule has 6 heteroatoms. The zero-order valence-corrected chi connectivity index (χ0v) is 17.7. The molecule has 1 N–H and O–H groups in total. The van der Waals surface area contributed by atoms with Gasteiger partial charge in [-0.3, -0.25) is 9.59 Å². The summed E-state index contributed by atoms with van der Waals surface area (Å²) >= 11 is 0.